The third-order valence-electron chi connectivity index (χ3n) is 1.35. The van der Waals surface area contributed by atoms with Crippen molar-refractivity contribution in [2.45, 2.75) is 18.5 Å². The lowest BCUT2D eigenvalue weighted by molar-refractivity contribution is 0.468. The molecule has 1 aliphatic rings. The molecule has 0 fully saturated rings. The molecule has 0 aliphatic carbocycles. The van der Waals surface area contributed by atoms with E-state index < -0.39 is 5.66 Å². The molecule has 0 bridgehead atoms. The van der Waals surface area contributed by atoms with Gasteiger partial charge in [-0.15, -0.1) is 10.2 Å². The summed E-state index contributed by atoms with van der Waals surface area (Å²) in [6.45, 7) is 0. The van der Waals surface area contributed by atoms with Gasteiger partial charge in [0.1, 0.15) is 0 Å². The molecular weight excluding hydrogens is 210 g/mol. The number of alkyl halides is 1. The number of rotatable bonds is 3. The molecule has 1 heterocycles. The number of hydrogen-bond donors (Lipinski definition) is 0. The Morgan fingerprint density at radius 3 is 2.45 bits per heavy atom. The van der Waals surface area contributed by atoms with Gasteiger partial charge in [0.15, 0.2) is 0 Å². The van der Waals surface area contributed by atoms with Crippen LogP contribution in [0.15, 0.2) is 20.7 Å². The van der Waals surface area contributed by atoms with Crippen molar-refractivity contribution in [3.05, 3.63) is 0 Å². The summed E-state index contributed by atoms with van der Waals surface area (Å²) >= 11 is 3.25. The van der Waals surface area contributed by atoms with Crippen molar-refractivity contribution in [1.29, 1.82) is 5.26 Å². The van der Waals surface area contributed by atoms with Gasteiger partial charge >= 0.3 is 0 Å². The highest BCUT2D eigenvalue weighted by Gasteiger charge is 2.31. The second kappa shape index (κ2) is 3.53. The van der Waals surface area contributed by atoms with Crippen LogP contribution in [0.2, 0.25) is 0 Å². The Hall–Kier alpha value is -0.830. The van der Waals surface area contributed by atoms with E-state index in [1.807, 2.05) is 6.07 Å². The van der Waals surface area contributed by atoms with Gasteiger partial charge in [0.25, 0.3) is 0 Å². The SMILES string of the molecule is N#CCCC1(CBr)N=NN=N1. The Labute approximate surface area is 72.3 Å². The molecule has 0 radical (unpaired) electrons. The maximum Gasteiger partial charge on any atom is 0.205 e. The molecule has 5 nitrogen and oxygen atoms in total. The lowest BCUT2D eigenvalue weighted by Crippen LogP contribution is -2.22. The molecule has 0 atom stereocenters. The fraction of sp³-hybridized carbons (Fsp3) is 0.800. The number of nitriles is 1. The molecule has 0 saturated heterocycles. The molecule has 0 saturated carbocycles. The van der Waals surface area contributed by atoms with Crippen LogP contribution in [0.3, 0.4) is 0 Å². The van der Waals surface area contributed by atoms with Crippen LogP contribution in [0.5, 0.6) is 0 Å². The van der Waals surface area contributed by atoms with E-state index in [4.69, 9.17) is 5.26 Å². The topological polar surface area (TPSA) is 73.2 Å². The quantitative estimate of drug-likeness (QED) is 0.666. The molecule has 11 heavy (non-hydrogen) atoms. The zero-order chi connectivity index (χ0) is 8.16. The van der Waals surface area contributed by atoms with E-state index >= 15 is 0 Å². The molecule has 0 spiro atoms. The van der Waals surface area contributed by atoms with Gasteiger partial charge in [-0.2, -0.15) is 5.26 Å². The van der Waals surface area contributed by atoms with E-state index in [-0.39, 0.29) is 0 Å². The molecule has 1 aliphatic heterocycles. The van der Waals surface area contributed by atoms with E-state index in [0.717, 1.165) is 0 Å². The standard InChI is InChI=1S/C5H6BrN5/c6-4-5(2-1-3-7)8-10-11-9-5/h1-2,4H2. The highest BCUT2D eigenvalue weighted by atomic mass is 79.9. The van der Waals surface area contributed by atoms with Gasteiger partial charge in [-0.05, 0) is 10.4 Å². The van der Waals surface area contributed by atoms with Crippen molar-refractivity contribution in [3.63, 3.8) is 0 Å². The lowest BCUT2D eigenvalue weighted by Gasteiger charge is -2.13. The zero-order valence-corrected chi connectivity index (χ0v) is 7.32. The van der Waals surface area contributed by atoms with Crippen molar-refractivity contribution in [2.75, 3.05) is 5.33 Å². The van der Waals surface area contributed by atoms with E-state index in [2.05, 4.69) is 36.6 Å². The summed E-state index contributed by atoms with van der Waals surface area (Å²) in [7, 11) is 0. The normalized spacial score (nSPS) is 18.5. The highest BCUT2D eigenvalue weighted by Crippen LogP contribution is 2.27. The van der Waals surface area contributed by atoms with Gasteiger partial charge in [-0.1, -0.05) is 15.9 Å². The summed E-state index contributed by atoms with van der Waals surface area (Å²) in [4.78, 5) is 0. The fourth-order valence-corrected chi connectivity index (χ4v) is 1.21. The molecular formula is C5H6BrN5. The van der Waals surface area contributed by atoms with Gasteiger partial charge in [-0.25, -0.2) is 0 Å². The zero-order valence-electron chi connectivity index (χ0n) is 5.74. The van der Waals surface area contributed by atoms with Crippen LogP contribution in [0.1, 0.15) is 12.8 Å². The minimum Gasteiger partial charge on any atom is -0.198 e. The smallest absolute Gasteiger partial charge is 0.198 e. The van der Waals surface area contributed by atoms with Crippen molar-refractivity contribution in [2.24, 2.45) is 20.7 Å². The first kappa shape index (κ1) is 8.27. The summed E-state index contributed by atoms with van der Waals surface area (Å²) in [5.41, 5.74) is -0.601. The monoisotopic (exact) mass is 215 g/mol. The van der Waals surface area contributed by atoms with Crippen LogP contribution in [0, 0.1) is 11.3 Å². The van der Waals surface area contributed by atoms with E-state index in [9.17, 15) is 0 Å². The third-order valence-corrected chi connectivity index (χ3v) is 2.25. The predicted octanol–water partition coefficient (Wildman–Crippen LogP) is 2.21. The van der Waals surface area contributed by atoms with Crippen LogP contribution < -0.4 is 0 Å². The van der Waals surface area contributed by atoms with E-state index in [0.29, 0.717) is 18.2 Å². The Morgan fingerprint density at radius 2 is 2.00 bits per heavy atom. The molecule has 0 unspecified atom stereocenters. The van der Waals surface area contributed by atoms with Crippen molar-refractivity contribution < 1.29 is 0 Å². The van der Waals surface area contributed by atoms with Crippen LogP contribution in [0.25, 0.3) is 0 Å². The first-order chi connectivity index (χ1) is 5.33. The molecule has 1 rings (SSSR count). The molecule has 0 aromatic carbocycles. The average Bonchev–Trinajstić information content (AvgIpc) is 2.50. The average molecular weight is 216 g/mol. The molecule has 0 aromatic heterocycles. The van der Waals surface area contributed by atoms with Crippen molar-refractivity contribution >= 4 is 15.9 Å². The van der Waals surface area contributed by atoms with Gasteiger partial charge < -0.3 is 0 Å². The molecule has 0 N–H and O–H groups in total. The van der Waals surface area contributed by atoms with Gasteiger partial charge in [0, 0.05) is 12.8 Å². The molecule has 58 valence electrons. The summed E-state index contributed by atoms with van der Waals surface area (Å²) < 4.78 is 0. The van der Waals surface area contributed by atoms with E-state index in [1.54, 1.807) is 0 Å². The Balaban J connectivity index is 2.56. The van der Waals surface area contributed by atoms with Crippen LogP contribution in [-0.2, 0) is 0 Å². The lowest BCUT2D eigenvalue weighted by atomic mass is 10.1. The minimum atomic E-state index is -0.601. The molecule has 0 aromatic rings. The van der Waals surface area contributed by atoms with Crippen LogP contribution in [0.4, 0.5) is 0 Å². The highest BCUT2D eigenvalue weighted by molar-refractivity contribution is 9.09. The maximum absolute atomic E-state index is 8.33. The summed E-state index contributed by atoms with van der Waals surface area (Å²) in [6, 6.07) is 2.03. The number of nitrogens with zero attached hydrogens (tertiary/aromatic N) is 5. The Morgan fingerprint density at radius 1 is 1.36 bits per heavy atom. The van der Waals surface area contributed by atoms with Crippen molar-refractivity contribution in [3.8, 4) is 6.07 Å². The summed E-state index contributed by atoms with van der Waals surface area (Å²) in [5.74, 6) is 0. The Bertz CT molecular complexity index is 216. The first-order valence-electron chi connectivity index (χ1n) is 3.10. The van der Waals surface area contributed by atoms with Gasteiger partial charge in [-0.3, -0.25) is 0 Å². The minimum absolute atomic E-state index is 0.420. The van der Waals surface area contributed by atoms with E-state index in [1.165, 1.54) is 0 Å². The van der Waals surface area contributed by atoms with Gasteiger partial charge in [0.05, 0.1) is 11.4 Å². The van der Waals surface area contributed by atoms with Gasteiger partial charge in [0.2, 0.25) is 5.66 Å². The second-order valence-electron chi connectivity index (χ2n) is 2.15. The number of halogens is 1. The number of hydrogen-bond acceptors (Lipinski definition) is 5. The maximum atomic E-state index is 8.33. The molecule has 0 amide bonds. The Kier molecular flexibility index (Phi) is 2.65. The van der Waals surface area contributed by atoms with Crippen molar-refractivity contribution in [1.82, 2.24) is 0 Å². The second-order valence-corrected chi connectivity index (χ2v) is 2.71. The van der Waals surface area contributed by atoms with Crippen LogP contribution >= 0.6 is 15.9 Å². The predicted molar refractivity (Wildman–Crippen MR) is 41.1 cm³/mol. The van der Waals surface area contributed by atoms with Crippen LogP contribution in [-0.4, -0.2) is 11.0 Å². The first-order valence-corrected chi connectivity index (χ1v) is 4.22. The summed E-state index contributed by atoms with van der Waals surface area (Å²) in [5, 5.41) is 23.3. The largest absolute Gasteiger partial charge is 0.205 e. The summed E-state index contributed by atoms with van der Waals surface area (Å²) in [6.07, 6.45) is 0.991. The third kappa shape index (κ3) is 1.80. The molecule has 6 heteroatoms. The fourth-order valence-electron chi connectivity index (χ4n) is 0.703.